The molecule has 0 rings (SSSR count). The van der Waals surface area contributed by atoms with Gasteiger partial charge in [0.15, 0.2) is 6.10 Å². The summed E-state index contributed by atoms with van der Waals surface area (Å²) in [6.07, 6.45) is 11.9. The van der Waals surface area contributed by atoms with Crippen LogP contribution in [0.4, 0.5) is 0 Å². The molecule has 0 aromatic rings. The lowest BCUT2D eigenvalue weighted by molar-refractivity contribution is -0.873. The van der Waals surface area contributed by atoms with Gasteiger partial charge in [-0.2, -0.15) is 0 Å². The van der Waals surface area contributed by atoms with E-state index in [0.29, 0.717) is 17.4 Å². The Bertz CT molecular complexity index is 479. The second kappa shape index (κ2) is 14.4. The second-order valence-electron chi connectivity index (χ2n) is 7.93. The minimum atomic E-state index is -1.26. The number of ether oxygens (including phenoxy) is 1. The second-order valence-corrected chi connectivity index (χ2v) is 7.93. The van der Waals surface area contributed by atoms with E-state index in [4.69, 9.17) is 4.74 Å². The van der Waals surface area contributed by atoms with Crippen LogP contribution in [0.3, 0.4) is 0 Å². The molecule has 0 saturated carbocycles. The summed E-state index contributed by atoms with van der Waals surface area (Å²) in [5.74, 6) is -1.85. The van der Waals surface area contributed by atoms with Crippen LogP contribution in [0.25, 0.3) is 0 Å². The highest BCUT2D eigenvalue weighted by Gasteiger charge is 2.23. The first-order chi connectivity index (χ1) is 12.6. The Balaban J connectivity index is 4.16. The van der Waals surface area contributed by atoms with Gasteiger partial charge < -0.3 is 24.2 Å². The first kappa shape index (κ1) is 25.3. The summed E-state index contributed by atoms with van der Waals surface area (Å²) < 4.78 is 5.69. The Kier molecular flexibility index (Phi) is 13.5. The SMILES string of the molecule is CCCCC/C=C\C/C=C\C[C@@H](O)CC(=O)O[C@H](CC(=O)[O-])C[N+](C)(C)C. The number of carboxylic acid groups (broad SMARTS) is 1. The Morgan fingerprint density at radius 3 is 2.33 bits per heavy atom. The minimum Gasteiger partial charge on any atom is -0.550 e. The zero-order valence-corrected chi connectivity index (χ0v) is 17.4. The summed E-state index contributed by atoms with van der Waals surface area (Å²) in [5, 5.41) is 20.8. The average molecular weight is 384 g/mol. The Labute approximate surface area is 164 Å². The highest BCUT2D eigenvalue weighted by atomic mass is 16.5. The average Bonchev–Trinajstić information content (AvgIpc) is 2.50. The van der Waals surface area contributed by atoms with Gasteiger partial charge in [0, 0.05) is 12.4 Å². The predicted molar refractivity (Wildman–Crippen MR) is 105 cm³/mol. The normalized spacial score (nSPS) is 14.6. The fraction of sp³-hybridized carbons (Fsp3) is 0.714. The molecule has 0 spiro atoms. The van der Waals surface area contributed by atoms with Crippen molar-refractivity contribution in [2.24, 2.45) is 0 Å². The molecule has 0 aliphatic heterocycles. The van der Waals surface area contributed by atoms with Crippen LogP contribution >= 0.6 is 0 Å². The molecule has 0 amide bonds. The predicted octanol–water partition coefficient (Wildman–Crippen LogP) is 1.97. The molecule has 0 bridgehead atoms. The Hall–Kier alpha value is -1.66. The summed E-state index contributed by atoms with van der Waals surface area (Å²) in [6, 6.07) is 0. The first-order valence-electron chi connectivity index (χ1n) is 9.82. The lowest BCUT2D eigenvalue weighted by Gasteiger charge is -2.29. The Morgan fingerprint density at radius 2 is 1.74 bits per heavy atom. The van der Waals surface area contributed by atoms with Gasteiger partial charge in [-0.1, -0.05) is 44.1 Å². The molecule has 1 N–H and O–H groups in total. The fourth-order valence-corrected chi connectivity index (χ4v) is 2.60. The molecule has 0 saturated heterocycles. The number of aliphatic hydroxyl groups excluding tert-OH is 1. The summed E-state index contributed by atoms with van der Waals surface area (Å²) >= 11 is 0. The van der Waals surface area contributed by atoms with E-state index in [9.17, 15) is 19.8 Å². The lowest BCUT2D eigenvalue weighted by Crippen LogP contribution is -2.45. The molecule has 0 radical (unpaired) electrons. The maximum absolute atomic E-state index is 12.0. The number of hydrogen-bond donors (Lipinski definition) is 1. The van der Waals surface area contributed by atoms with Crippen molar-refractivity contribution in [2.75, 3.05) is 27.7 Å². The maximum atomic E-state index is 12.0. The third-order valence-electron chi connectivity index (χ3n) is 3.83. The van der Waals surface area contributed by atoms with Gasteiger partial charge in [-0.3, -0.25) is 4.79 Å². The fourth-order valence-electron chi connectivity index (χ4n) is 2.60. The first-order valence-corrected chi connectivity index (χ1v) is 9.82. The molecule has 0 aliphatic rings. The molecule has 0 aliphatic carbocycles. The van der Waals surface area contributed by atoms with Crippen LogP contribution < -0.4 is 5.11 Å². The number of unbranched alkanes of at least 4 members (excludes halogenated alkanes) is 3. The van der Waals surface area contributed by atoms with Crippen molar-refractivity contribution in [3.63, 3.8) is 0 Å². The van der Waals surface area contributed by atoms with Gasteiger partial charge in [-0.15, -0.1) is 0 Å². The quantitative estimate of drug-likeness (QED) is 0.202. The van der Waals surface area contributed by atoms with E-state index in [-0.39, 0.29) is 12.8 Å². The minimum absolute atomic E-state index is 0.155. The number of aliphatic carboxylic acids is 1. The van der Waals surface area contributed by atoms with Crippen molar-refractivity contribution in [2.45, 2.75) is 70.5 Å². The van der Waals surface area contributed by atoms with Gasteiger partial charge in [0.1, 0.15) is 6.54 Å². The molecular formula is C21H37NO5. The molecule has 0 fully saturated rings. The number of carbonyl (C=O) groups is 2. The number of esters is 1. The van der Waals surface area contributed by atoms with E-state index >= 15 is 0 Å². The van der Waals surface area contributed by atoms with Gasteiger partial charge >= 0.3 is 5.97 Å². The largest absolute Gasteiger partial charge is 0.550 e. The van der Waals surface area contributed by atoms with Gasteiger partial charge in [0.05, 0.1) is 33.7 Å². The van der Waals surface area contributed by atoms with Gasteiger partial charge in [-0.05, 0) is 25.7 Å². The van der Waals surface area contributed by atoms with E-state index in [1.807, 2.05) is 33.3 Å². The van der Waals surface area contributed by atoms with Crippen molar-refractivity contribution < 1.29 is 29.0 Å². The number of allylic oxidation sites excluding steroid dienone is 3. The summed E-state index contributed by atoms with van der Waals surface area (Å²) in [7, 11) is 5.65. The zero-order chi connectivity index (χ0) is 20.7. The molecule has 0 heterocycles. The van der Waals surface area contributed by atoms with Crippen molar-refractivity contribution >= 4 is 11.9 Å². The van der Waals surface area contributed by atoms with Gasteiger partial charge in [0.25, 0.3) is 0 Å². The van der Waals surface area contributed by atoms with E-state index in [1.54, 1.807) is 0 Å². The van der Waals surface area contributed by atoms with E-state index < -0.39 is 24.1 Å². The topological polar surface area (TPSA) is 86.7 Å². The van der Waals surface area contributed by atoms with E-state index in [1.165, 1.54) is 19.3 Å². The lowest BCUT2D eigenvalue weighted by atomic mass is 10.1. The highest BCUT2D eigenvalue weighted by Crippen LogP contribution is 2.09. The third-order valence-corrected chi connectivity index (χ3v) is 3.83. The summed E-state index contributed by atoms with van der Waals surface area (Å²) in [4.78, 5) is 22.8. The number of rotatable bonds is 15. The smallest absolute Gasteiger partial charge is 0.308 e. The number of likely N-dealkylation sites (N-methyl/N-ethyl adjacent to an activating group) is 1. The Morgan fingerprint density at radius 1 is 1.07 bits per heavy atom. The third kappa shape index (κ3) is 17.5. The number of nitrogens with zero attached hydrogens (tertiary/aromatic N) is 1. The van der Waals surface area contributed by atoms with Crippen molar-refractivity contribution in [1.82, 2.24) is 0 Å². The molecule has 0 aromatic carbocycles. The number of quaternary nitrogens is 1. The van der Waals surface area contributed by atoms with Gasteiger partial charge in [-0.25, -0.2) is 0 Å². The van der Waals surface area contributed by atoms with Crippen LogP contribution in [0.5, 0.6) is 0 Å². The van der Waals surface area contributed by atoms with E-state index in [2.05, 4.69) is 19.1 Å². The summed E-state index contributed by atoms with van der Waals surface area (Å²) in [6.45, 7) is 2.54. The van der Waals surface area contributed by atoms with Crippen molar-refractivity contribution in [3.8, 4) is 0 Å². The number of carboxylic acids is 1. The molecule has 6 nitrogen and oxygen atoms in total. The molecule has 27 heavy (non-hydrogen) atoms. The monoisotopic (exact) mass is 383 g/mol. The van der Waals surface area contributed by atoms with Crippen LogP contribution in [-0.4, -0.2) is 61.4 Å². The molecule has 2 atom stereocenters. The zero-order valence-electron chi connectivity index (χ0n) is 17.4. The van der Waals surface area contributed by atoms with Crippen LogP contribution in [0.2, 0.25) is 0 Å². The van der Waals surface area contributed by atoms with E-state index in [0.717, 1.165) is 12.8 Å². The van der Waals surface area contributed by atoms with Crippen LogP contribution in [-0.2, 0) is 14.3 Å². The number of carbonyl (C=O) groups excluding carboxylic acids is 2. The molecule has 6 heteroatoms. The molecule has 0 aromatic heterocycles. The van der Waals surface area contributed by atoms with Crippen LogP contribution in [0.15, 0.2) is 24.3 Å². The summed E-state index contributed by atoms with van der Waals surface area (Å²) in [5.41, 5.74) is 0. The molecule has 0 unspecified atom stereocenters. The van der Waals surface area contributed by atoms with Crippen molar-refractivity contribution in [3.05, 3.63) is 24.3 Å². The number of aliphatic hydroxyl groups is 1. The van der Waals surface area contributed by atoms with Crippen LogP contribution in [0, 0.1) is 0 Å². The van der Waals surface area contributed by atoms with Crippen LogP contribution in [0.1, 0.15) is 58.3 Å². The molecular weight excluding hydrogens is 346 g/mol. The van der Waals surface area contributed by atoms with Crippen molar-refractivity contribution in [1.29, 1.82) is 0 Å². The molecule has 156 valence electrons. The highest BCUT2D eigenvalue weighted by molar-refractivity contribution is 5.71. The standard InChI is InChI=1S/C21H37NO5/c1-5-6-7-8-9-10-11-12-13-14-18(23)15-21(26)27-19(16-20(24)25)17-22(2,3)4/h9-10,12-13,18-19,23H,5-8,11,14-17H2,1-4H3/b10-9-,13-12-/t18-,19-/m1/s1. The maximum Gasteiger partial charge on any atom is 0.308 e. The number of hydrogen-bond acceptors (Lipinski definition) is 5. The van der Waals surface area contributed by atoms with Gasteiger partial charge in [0.2, 0.25) is 0 Å².